The SMILES string of the molecule is COCC(C)[N+]1(Cc2ccc(F)cc2Cl)CCCC1. The molecule has 2 nitrogen and oxygen atoms in total. The standard InChI is InChI=1S/C15H22ClFNO/c1-12(11-19-2)18(7-3-4-8-18)10-13-5-6-14(17)9-15(13)16/h5-6,9,12H,3-4,7-8,10-11H2,1-2H3/q+1. The number of nitrogens with zero attached hydrogens (tertiary/aromatic N) is 1. The zero-order valence-electron chi connectivity index (χ0n) is 11.7. The highest BCUT2D eigenvalue weighted by molar-refractivity contribution is 6.31. The van der Waals surface area contributed by atoms with Crippen LogP contribution in [0, 0.1) is 5.82 Å². The van der Waals surface area contributed by atoms with Crippen LogP contribution in [0.2, 0.25) is 5.02 Å². The predicted octanol–water partition coefficient (Wildman–Crippen LogP) is 3.62. The van der Waals surface area contributed by atoms with E-state index in [-0.39, 0.29) is 5.82 Å². The lowest BCUT2D eigenvalue weighted by atomic mass is 10.1. The summed E-state index contributed by atoms with van der Waals surface area (Å²) in [5.41, 5.74) is 1.04. The third-order valence-electron chi connectivity index (χ3n) is 4.30. The molecule has 0 saturated carbocycles. The minimum Gasteiger partial charge on any atom is -0.379 e. The van der Waals surface area contributed by atoms with Gasteiger partial charge in [0.15, 0.2) is 0 Å². The maximum Gasteiger partial charge on any atom is 0.124 e. The summed E-state index contributed by atoms with van der Waals surface area (Å²) in [6.07, 6.45) is 2.49. The van der Waals surface area contributed by atoms with Crippen molar-refractivity contribution in [3.8, 4) is 0 Å². The third kappa shape index (κ3) is 3.28. The van der Waals surface area contributed by atoms with Gasteiger partial charge in [0, 0.05) is 25.5 Å². The van der Waals surface area contributed by atoms with Gasteiger partial charge in [-0.25, -0.2) is 4.39 Å². The Kier molecular flexibility index (Phi) is 4.82. The molecule has 1 aliphatic rings. The molecule has 0 N–H and O–H groups in total. The van der Waals surface area contributed by atoms with E-state index in [4.69, 9.17) is 16.3 Å². The predicted molar refractivity (Wildman–Crippen MR) is 75.7 cm³/mol. The molecule has 0 radical (unpaired) electrons. The lowest BCUT2D eigenvalue weighted by Gasteiger charge is -2.40. The van der Waals surface area contributed by atoms with E-state index in [2.05, 4.69) is 6.92 Å². The van der Waals surface area contributed by atoms with Crippen LogP contribution >= 0.6 is 11.6 Å². The van der Waals surface area contributed by atoms with Crippen molar-refractivity contribution in [2.24, 2.45) is 0 Å². The van der Waals surface area contributed by atoms with E-state index in [0.717, 1.165) is 36.3 Å². The van der Waals surface area contributed by atoms with Crippen LogP contribution in [0.4, 0.5) is 4.39 Å². The maximum absolute atomic E-state index is 13.1. The maximum atomic E-state index is 13.1. The van der Waals surface area contributed by atoms with Gasteiger partial charge in [-0.15, -0.1) is 0 Å². The quantitative estimate of drug-likeness (QED) is 0.751. The van der Waals surface area contributed by atoms with E-state index in [9.17, 15) is 4.39 Å². The summed E-state index contributed by atoms with van der Waals surface area (Å²) in [6.45, 7) is 6.14. The highest BCUT2D eigenvalue weighted by Crippen LogP contribution is 2.30. The van der Waals surface area contributed by atoms with Crippen molar-refractivity contribution < 1.29 is 13.6 Å². The van der Waals surface area contributed by atoms with Gasteiger partial charge in [0.2, 0.25) is 0 Å². The van der Waals surface area contributed by atoms with E-state index in [1.165, 1.54) is 25.0 Å². The van der Waals surface area contributed by atoms with Crippen LogP contribution in [0.15, 0.2) is 18.2 Å². The van der Waals surface area contributed by atoms with Gasteiger partial charge in [-0.05, 0) is 25.1 Å². The first kappa shape index (κ1) is 14.8. The Balaban J connectivity index is 2.21. The van der Waals surface area contributed by atoms with E-state index < -0.39 is 0 Å². The molecule has 1 unspecified atom stereocenters. The average molecular weight is 287 g/mol. The lowest BCUT2D eigenvalue weighted by molar-refractivity contribution is -0.951. The van der Waals surface area contributed by atoms with Crippen molar-refractivity contribution in [3.63, 3.8) is 0 Å². The molecule has 4 heteroatoms. The Hall–Kier alpha value is -0.640. The molecule has 1 atom stereocenters. The van der Waals surface area contributed by atoms with Crippen molar-refractivity contribution >= 4 is 11.6 Å². The smallest absolute Gasteiger partial charge is 0.124 e. The number of methoxy groups -OCH3 is 1. The fraction of sp³-hybridized carbons (Fsp3) is 0.600. The molecule has 1 heterocycles. The lowest BCUT2D eigenvalue weighted by Crippen LogP contribution is -2.53. The highest BCUT2D eigenvalue weighted by Gasteiger charge is 2.37. The van der Waals surface area contributed by atoms with Crippen molar-refractivity contribution in [2.75, 3.05) is 26.8 Å². The monoisotopic (exact) mass is 286 g/mol. The average Bonchev–Trinajstić information content (AvgIpc) is 2.83. The topological polar surface area (TPSA) is 9.23 Å². The van der Waals surface area contributed by atoms with Gasteiger partial charge < -0.3 is 9.22 Å². The second-order valence-electron chi connectivity index (χ2n) is 5.57. The number of ether oxygens (including phenoxy) is 1. The summed E-state index contributed by atoms with van der Waals surface area (Å²) < 4.78 is 19.4. The first-order chi connectivity index (χ1) is 9.07. The summed E-state index contributed by atoms with van der Waals surface area (Å²) >= 11 is 6.17. The van der Waals surface area contributed by atoms with Crippen molar-refractivity contribution in [3.05, 3.63) is 34.6 Å². The number of benzene rings is 1. The molecule has 0 bridgehead atoms. The largest absolute Gasteiger partial charge is 0.379 e. The van der Waals surface area contributed by atoms with Crippen LogP contribution < -0.4 is 0 Å². The second-order valence-corrected chi connectivity index (χ2v) is 5.98. The molecule has 0 aliphatic carbocycles. The van der Waals surface area contributed by atoms with E-state index in [1.807, 2.05) is 6.07 Å². The Morgan fingerprint density at radius 1 is 1.37 bits per heavy atom. The van der Waals surface area contributed by atoms with Crippen LogP contribution in [-0.2, 0) is 11.3 Å². The Bertz CT molecular complexity index is 432. The van der Waals surface area contributed by atoms with Crippen LogP contribution in [0.1, 0.15) is 25.3 Å². The number of halogens is 2. The van der Waals surface area contributed by atoms with Gasteiger partial charge in [0.25, 0.3) is 0 Å². The van der Waals surface area contributed by atoms with Crippen LogP contribution in [-0.4, -0.2) is 37.3 Å². The Morgan fingerprint density at radius 3 is 2.63 bits per heavy atom. The molecule has 1 aliphatic heterocycles. The first-order valence-electron chi connectivity index (χ1n) is 6.86. The van der Waals surface area contributed by atoms with Crippen molar-refractivity contribution in [1.82, 2.24) is 0 Å². The molecule has 0 aromatic heterocycles. The summed E-state index contributed by atoms with van der Waals surface area (Å²) in [5.74, 6) is -0.272. The summed E-state index contributed by atoms with van der Waals surface area (Å²) in [7, 11) is 1.74. The number of hydrogen-bond donors (Lipinski definition) is 0. The molecular formula is C15H22ClFNO+. The Labute approximate surface area is 119 Å². The summed E-state index contributed by atoms with van der Waals surface area (Å²) in [6, 6.07) is 5.16. The molecule has 0 amide bonds. The minimum atomic E-state index is -0.272. The van der Waals surface area contributed by atoms with Crippen molar-refractivity contribution in [2.45, 2.75) is 32.4 Å². The Morgan fingerprint density at radius 2 is 2.05 bits per heavy atom. The molecule has 1 aromatic rings. The fourth-order valence-electron chi connectivity index (χ4n) is 3.11. The van der Waals surface area contributed by atoms with E-state index >= 15 is 0 Å². The zero-order valence-corrected chi connectivity index (χ0v) is 12.4. The molecule has 1 fully saturated rings. The molecule has 2 rings (SSSR count). The van der Waals surface area contributed by atoms with Gasteiger partial charge in [-0.2, -0.15) is 0 Å². The number of rotatable bonds is 5. The van der Waals surface area contributed by atoms with Gasteiger partial charge in [-0.1, -0.05) is 11.6 Å². The number of likely N-dealkylation sites (tertiary alicyclic amines) is 1. The van der Waals surface area contributed by atoms with Gasteiger partial charge in [0.05, 0.1) is 24.7 Å². The van der Waals surface area contributed by atoms with Gasteiger partial charge >= 0.3 is 0 Å². The van der Waals surface area contributed by atoms with E-state index in [0.29, 0.717) is 11.1 Å². The summed E-state index contributed by atoms with van der Waals surface area (Å²) in [5, 5.41) is 0.536. The molecule has 1 saturated heterocycles. The van der Waals surface area contributed by atoms with Crippen LogP contribution in [0.3, 0.4) is 0 Å². The number of hydrogen-bond acceptors (Lipinski definition) is 1. The highest BCUT2D eigenvalue weighted by atomic mass is 35.5. The van der Waals surface area contributed by atoms with Crippen LogP contribution in [0.5, 0.6) is 0 Å². The summed E-state index contributed by atoms with van der Waals surface area (Å²) in [4.78, 5) is 0. The zero-order chi connectivity index (χ0) is 13.9. The normalized spacial score (nSPS) is 19.6. The fourth-order valence-corrected chi connectivity index (χ4v) is 3.34. The van der Waals surface area contributed by atoms with Crippen molar-refractivity contribution in [1.29, 1.82) is 0 Å². The molecule has 19 heavy (non-hydrogen) atoms. The molecule has 106 valence electrons. The number of quaternary nitrogens is 1. The first-order valence-corrected chi connectivity index (χ1v) is 7.24. The molecule has 1 aromatic carbocycles. The third-order valence-corrected chi connectivity index (χ3v) is 4.65. The van der Waals surface area contributed by atoms with E-state index in [1.54, 1.807) is 7.11 Å². The second kappa shape index (κ2) is 6.21. The van der Waals surface area contributed by atoms with Gasteiger partial charge in [-0.3, -0.25) is 0 Å². The molecule has 0 spiro atoms. The molecular weight excluding hydrogens is 265 g/mol. The van der Waals surface area contributed by atoms with Crippen LogP contribution in [0.25, 0.3) is 0 Å². The van der Waals surface area contributed by atoms with Gasteiger partial charge in [0.1, 0.15) is 18.4 Å². The minimum absolute atomic E-state index is 0.272.